The second kappa shape index (κ2) is 6.69. The van der Waals surface area contributed by atoms with Crippen LogP contribution in [-0.4, -0.2) is 18.1 Å². The average Bonchev–Trinajstić information content (AvgIpc) is 2.46. The van der Waals surface area contributed by atoms with Gasteiger partial charge in [-0.25, -0.2) is 4.39 Å². The van der Waals surface area contributed by atoms with Gasteiger partial charge in [-0.1, -0.05) is 12.1 Å². The van der Waals surface area contributed by atoms with Gasteiger partial charge in [0.15, 0.2) is 0 Å². The van der Waals surface area contributed by atoms with E-state index in [2.05, 4.69) is 5.32 Å². The van der Waals surface area contributed by atoms with E-state index in [4.69, 9.17) is 4.74 Å². The van der Waals surface area contributed by atoms with E-state index in [1.165, 1.54) is 30.3 Å². The Bertz CT molecular complexity index is 609. The quantitative estimate of drug-likeness (QED) is 0.502. The molecule has 1 N–H and O–H groups in total. The predicted octanol–water partition coefficient (Wildman–Crippen LogP) is 3.53. The molecule has 0 radical (unpaired) electrons. The molecular weight excluding hydrogens is 275 g/mol. The zero-order valence-electron chi connectivity index (χ0n) is 11.5. The lowest BCUT2D eigenvalue weighted by molar-refractivity contribution is -0.384. The minimum atomic E-state index is -0.466. The molecule has 21 heavy (non-hydrogen) atoms. The molecule has 0 aliphatic carbocycles. The van der Waals surface area contributed by atoms with E-state index in [1.54, 1.807) is 6.07 Å². The molecule has 5 nitrogen and oxygen atoms in total. The molecule has 0 saturated carbocycles. The summed E-state index contributed by atoms with van der Waals surface area (Å²) >= 11 is 0. The minimum absolute atomic E-state index is 0.0162. The van der Waals surface area contributed by atoms with Crippen LogP contribution in [0.1, 0.15) is 5.56 Å². The highest BCUT2D eigenvalue weighted by molar-refractivity contribution is 5.51. The molecule has 6 heteroatoms. The molecule has 0 amide bonds. The number of nitrogens with zero attached hydrogens (tertiary/aromatic N) is 1. The monoisotopic (exact) mass is 290 g/mol. The molecule has 0 heterocycles. The topological polar surface area (TPSA) is 64.4 Å². The van der Waals surface area contributed by atoms with Crippen molar-refractivity contribution in [2.75, 3.05) is 18.5 Å². The van der Waals surface area contributed by atoms with Gasteiger partial charge >= 0.3 is 0 Å². The highest BCUT2D eigenvalue weighted by atomic mass is 19.1. The van der Waals surface area contributed by atoms with Crippen molar-refractivity contribution in [3.05, 3.63) is 64.0 Å². The van der Waals surface area contributed by atoms with E-state index in [0.29, 0.717) is 24.6 Å². The fourth-order valence-corrected chi connectivity index (χ4v) is 1.86. The number of anilines is 1. The first-order valence-electron chi connectivity index (χ1n) is 6.44. The number of aryl methyl sites for hydroxylation is 1. The Morgan fingerprint density at radius 2 is 1.95 bits per heavy atom. The normalized spacial score (nSPS) is 10.2. The molecule has 0 atom stereocenters. The first-order chi connectivity index (χ1) is 10.1. The van der Waals surface area contributed by atoms with Gasteiger partial charge in [0.2, 0.25) is 0 Å². The number of nitro groups is 1. The van der Waals surface area contributed by atoms with Crippen molar-refractivity contribution in [1.82, 2.24) is 0 Å². The van der Waals surface area contributed by atoms with Crippen LogP contribution in [0.3, 0.4) is 0 Å². The van der Waals surface area contributed by atoms with Crippen molar-refractivity contribution < 1.29 is 14.1 Å². The van der Waals surface area contributed by atoms with E-state index in [9.17, 15) is 14.5 Å². The summed E-state index contributed by atoms with van der Waals surface area (Å²) in [5, 5.41) is 13.5. The zero-order valence-corrected chi connectivity index (χ0v) is 11.5. The Hall–Kier alpha value is -2.63. The van der Waals surface area contributed by atoms with Gasteiger partial charge < -0.3 is 10.1 Å². The number of hydrogen-bond donors (Lipinski definition) is 1. The summed E-state index contributed by atoms with van der Waals surface area (Å²) in [7, 11) is 0. The number of para-hydroxylation sites is 1. The average molecular weight is 290 g/mol. The molecule has 2 rings (SSSR count). The van der Waals surface area contributed by atoms with Crippen LogP contribution in [0.5, 0.6) is 5.75 Å². The highest BCUT2D eigenvalue weighted by Gasteiger charge is 2.05. The van der Waals surface area contributed by atoms with Gasteiger partial charge in [-0.05, 0) is 30.7 Å². The van der Waals surface area contributed by atoms with Crippen LogP contribution in [0.2, 0.25) is 0 Å². The van der Waals surface area contributed by atoms with Gasteiger partial charge in [0, 0.05) is 18.7 Å². The number of hydrogen-bond acceptors (Lipinski definition) is 4. The Balaban J connectivity index is 1.83. The van der Waals surface area contributed by atoms with Crippen LogP contribution in [0.4, 0.5) is 15.8 Å². The van der Waals surface area contributed by atoms with Gasteiger partial charge in [-0.3, -0.25) is 10.1 Å². The van der Waals surface area contributed by atoms with Crippen LogP contribution in [-0.2, 0) is 0 Å². The Labute approximate surface area is 121 Å². The largest absolute Gasteiger partial charge is 0.492 e. The summed E-state index contributed by atoms with van der Waals surface area (Å²) < 4.78 is 19.0. The van der Waals surface area contributed by atoms with Crippen LogP contribution in [0, 0.1) is 22.9 Å². The van der Waals surface area contributed by atoms with E-state index in [-0.39, 0.29) is 11.5 Å². The van der Waals surface area contributed by atoms with Crippen LogP contribution < -0.4 is 10.1 Å². The SMILES string of the molecule is Cc1cccc(F)c1NCCOc1ccc([N+](=O)[O-])cc1. The smallest absolute Gasteiger partial charge is 0.269 e. The molecule has 0 bridgehead atoms. The number of nitro benzene ring substituents is 1. The van der Waals surface area contributed by atoms with Crippen LogP contribution in [0.25, 0.3) is 0 Å². The van der Waals surface area contributed by atoms with Crippen LogP contribution in [0.15, 0.2) is 42.5 Å². The number of ether oxygens (including phenoxy) is 1. The van der Waals surface area contributed by atoms with Gasteiger partial charge in [-0.15, -0.1) is 0 Å². The molecule has 2 aromatic carbocycles. The summed E-state index contributed by atoms with van der Waals surface area (Å²) in [6.45, 7) is 2.58. The van der Waals surface area contributed by atoms with Crippen molar-refractivity contribution in [2.45, 2.75) is 6.92 Å². The van der Waals surface area contributed by atoms with Crippen molar-refractivity contribution in [1.29, 1.82) is 0 Å². The Morgan fingerprint density at radius 1 is 1.24 bits per heavy atom. The summed E-state index contributed by atoms with van der Waals surface area (Å²) in [6.07, 6.45) is 0. The molecule has 110 valence electrons. The number of non-ortho nitro benzene ring substituents is 1. The number of halogens is 1. The second-order valence-electron chi connectivity index (χ2n) is 4.46. The maximum atomic E-state index is 13.6. The number of rotatable bonds is 6. The summed E-state index contributed by atoms with van der Waals surface area (Å²) in [6, 6.07) is 10.7. The van der Waals surface area contributed by atoms with Crippen molar-refractivity contribution in [2.24, 2.45) is 0 Å². The lowest BCUT2D eigenvalue weighted by Crippen LogP contribution is -2.13. The summed E-state index contributed by atoms with van der Waals surface area (Å²) in [5.41, 5.74) is 1.30. The third-order valence-corrected chi connectivity index (χ3v) is 2.94. The van der Waals surface area contributed by atoms with E-state index in [1.807, 2.05) is 13.0 Å². The molecule has 0 aliphatic rings. The molecule has 0 fully saturated rings. The van der Waals surface area contributed by atoms with Gasteiger partial charge in [0.1, 0.15) is 18.2 Å². The van der Waals surface area contributed by atoms with E-state index >= 15 is 0 Å². The summed E-state index contributed by atoms with van der Waals surface area (Å²) in [5.74, 6) is 0.234. The molecule has 0 aromatic heterocycles. The second-order valence-corrected chi connectivity index (χ2v) is 4.46. The van der Waals surface area contributed by atoms with Crippen molar-refractivity contribution in [3.63, 3.8) is 0 Å². The fraction of sp³-hybridized carbons (Fsp3) is 0.200. The van der Waals surface area contributed by atoms with Gasteiger partial charge in [0.25, 0.3) is 5.69 Å². The maximum absolute atomic E-state index is 13.6. The van der Waals surface area contributed by atoms with Crippen molar-refractivity contribution >= 4 is 11.4 Å². The van der Waals surface area contributed by atoms with E-state index < -0.39 is 4.92 Å². The molecule has 0 unspecified atom stereocenters. The Morgan fingerprint density at radius 3 is 2.57 bits per heavy atom. The third-order valence-electron chi connectivity index (χ3n) is 2.94. The minimum Gasteiger partial charge on any atom is -0.492 e. The summed E-state index contributed by atoms with van der Waals surface area (Å²) in [4.78, 5) is 10.0. The standard InChI is InChI=1S/C15H15FN2O3/c1-11-3-2-4-14(16)15(11)17-9-10-21-13-7-5-12(6-8-13)18(19)20/h2-8,17H,9-10H2,1H3. The maximum Gasteiger partial charge on any atom is 0.269 e. The van der Waals surface area contributed by atoms with E-state index in [0.717, 1.165) is 5.56 Å². The first-order valence-corrected chi connectivity index (χ1v) is 6.44. The van der Waals surface area contributed by atoms with Crippen molar-refractivity contribution in [3.8, 4) is 5.75 Å². The lowest BCUT2D eigenvalue weighted by atomic mass is 10.2. The molecule has 0 spiro atoms. The van der Waals surface area contributed by atoms with Gasteiger partial charge in [0.05, 0.1) is 10.6 Å². The molecule has 2 aromatic rings. The first kappa shape index (κ1) is 14.8. The fourth-order valence-electron chi connectivity index (χ4n) is 1.86. The zero-order chi connectivity index (χ0) is 15.2. The third kappa shape index (κ3) is 3.92. The molecule has 0 aliphatic heterocycles. The number of nitrogens with one attached hydrogen (secondary N) is 1. The lowest BCUT2D eigenvalue weighted by Gasteiger charge is -2.11. The van der Waals surface area contributed by atoms with Crippen LogP contribution >= 0.6 is 0 Å². The highest BCUT2D eigenvalue weighted by Crippen LogP contribution is 2.19. The van der Waals surface area contributed by atoms with Gasteiger partial charge in [-0.2, -0.15) is 0 Å². The Kier molecular flexibility index (Phi) is 4.71. The molecular formula is C15H15FN2O3. The molecule has 0 saturated heterocycles. The number of benzene rings is 2. The predicted molar refractivity (Wildman–Crippen MR) is 78.2 cm³/mol.